The largest absolute Gasteiger partial charge is 0.112 e. The number of thiol groups is 1. The summed E-state index contributed by atoms with van der Waals surface area (Å²) in [5, 5.41) is 0. The lowest BCUT2D eigenvalue weighted by Gasteiger charge is -2.05. The fourth-order valence-electron chi connectivity index (χ4n) is 1.06. The van der Waals surface area contributed by atoms with E-state index in [2.05, 4.69) is 11.7 Å². The highest BCUT2D eigenvalue weighted by molar-refractivity contribution is 8.68. The van der Waals surface area contributed by atoms with Crippen LogP contribution < -0.4 is 0 Å². The Kier molecular flexibility index (Phi) is 9.38. The van der Waals surface area contributed by atoms with Gasteiger partial charge in [-0.3, -0.25) is 0 Å². The van der Waals surface area contributed by atoms with Crippen LogP contribution in [0.5, 0.6) is 0 Å². The Morgan fingerprint density at radius 1 is 0.889 bits per heavy atom. The first-order valence-corrected chi connectivity index (χ1v) is 5.87. The van der Waals surface area contributed by atoms with E-state index in [4.69, 9.17) is 0 Å². The summed E-state index contributed by atoms with van der Waals surface area (Å²) in [4.78, 5) is 0. The Morgan fingerprint density at radius 3 is 1.11 bits per heavy atom. The van der Waals surface area contributed by atoms with Gasteiger partial charge in [0.05, 0.1) is 0 Å². The molecule has 0 atom stereocenters. The minimum Gasteiger partial charge on any atom is -0.112 e. The molecule has 0 nitrogen and oxygen atoms in total. The van der Waals surface area contributed by atoms with Gasteiger partial charge in [-0.15, -0.1) is 22.5 Å². The standard InChI is InChI=1S/C6H12.CH4S2/c1-2-4-6-5-3-1;1-3-2/h1-6H2;2H,1H3. The maximum Gasteiger partial charge on any atom is -0.00816 e. The first-order chi connectivity index (χ1) is 4.41. The molecule has 1 saturated carbocycles. The van der Waals surface area contributed by atoms with Crippen LogP contribution in [0.15, 0.2) is 0 Å². The van der Waals surface area contributed by atoms with Crippen molar-refractivity contribution in [3.05, 3.63) is 0 Å². The van der Waals surface area contributed by atoms with Gasteiger partial charge >= 0.3 is 0 Å². The Bertz CT molecular complexity index is 30.7. The molecule has 9 heavy (non-hydrogen) atoms. The summed E-state index contributed by atoms with van der Waals surface area (Å²) in [5.74, 6) is 0. The first kappa shape index (κ1) is 9.70. The van der Waals surface area contributed by atoms with Gasteiger partial charge in [-0.05, 0) is 6.26 Å². The van der Waals surface area contributed by atoms with Gasteiger partial charge in [0, 0.05) is 0 Å². The number of hydrogen-bond acceptors (Lipinski definition) is 2. The highest BCUT2D eigenvalue weighted by Crippen LogP contribution is 2.15. The Morgan fingerprint density at radius 2 is 1.00 bits per heavy atom. The Hall–Kier alpha value is 0.700. The van der Waals surface area contributed by atoms with Crippen molar-refractivity contribution in [3.8, 4) is 0 Å². The van der Waals surface area contributed by atoms with Crippen LogP contribution in [0.3, 0.4) is 0 Å². The van der Waals surface area contributed by atoms with Gasteiger partial charge in [0.1, 0.15) is 0 Å². The molecular formula is C7H16S2. The predicted molar refractivity (Wildman–Crippen MR) is 50.2 cm³/mol. The van der Waals surface area contributed by atoms with Crippen molar-refractivity contribution in [2.75, 3.05) is 6.26 Å². The normalized spacial score (nSPS) is 18.0. The van der Waals surface area contributed by atoms with E-state index in [1.54, 1.807) is 0 Å². The lowest BCUT2D eigenvalue weighted by molar-refractivity contribution is 0.504. The van der Waals surface area contributed by atoms with Crippen LogP contribution in [-0.4, -0.2) is 6.26 Å². The average molecular weight is 164 g/mol. The van der Waals surface area contributed by atoms with Crippen LogP contribution in [0.4, 0.5) is 0 Å². The lowest BCUT2D eigenvalue weighted by Crippen LogP contribution is -1.85. The molecule has 0 aromatic heterocycles. The van der Waals surface area contributed by atoms with Crippen molar-refractivity contribution < 1.29 is 0 Å². The van der Waals surface area contributed by atoms with Gasteiger partial charge in [0.25, 0.3) is 0 Å². The van der Waals surface area contributed by atoms with Crippen molar-refractivity contribution in [2.45, 2.75) is 38.5 Å². The maximum atomic E-state index is 3.71. The molecule has 1 rings (SSSR count). The zero-order chi connectivity index (χ0) is 6.95. The van der Waals surface area contributed by atoms with E-state index in [0.717, 1.165) is 0 Å². The molecule has 56 valence electrons. The molecule has 1 fully saturated rings. The van der Waals surface area contributed by atoms with Crippen LogP contribution in [0, 0.1) is 0 Å². The second kappa shape index (κ2) is 8.70. The minimum atomic E-state index is 1.44. The second-order valence-corrected chi connectivity index (χ2v) is 3.76. The van der Waals surface area contributed by atoms with E-state index < -0.39 is 0 Å². The van der Waals surface area contributed by atoms with Crippen molar-refractivity contribution in [1.82, 2.24) is 0 Å². The Balaban J connectivity index is 0.000000187. The summed E-state index contributed by atoms with van der Waals surface area (Å²) < 4.78 is 0. The van der Waals surface area contributed by atoms with Gasteiger partial charge in [-0.2, -0.15) is 0 Å². The molecule has 0 aliphatic heterocycles. The molecule has 0 aromatic rings. The van der Waals surface area contributed by atoms with Crippen LogP contribution in [0.2, 0.25) is 0 Å². The minimum absolute atomic E-state index is 1.44. The zero-order valence-electron chi connectivity index (χ0n) is 6.10. The topological polar surface area (TPSA) is 0 Å². The molecule has 2 heteroatoms. The fourth-order valence-corrected chi connectivity index (χ4v) is 1.06. The fraction of sp³-hybridized carbons (Fsp3) is 1.00. The summed E-state index contributed by atoms with van der Waals surface area (Å²) in [6.07, 6.45) is 10.9. The summed E-state index contributed by atoms with van der Waals surface area (Å²) >= 11 is 3.71. The monoisotopic (exact) mass is 164 g/mol. The molecule has 0 spiro atoms. The quantitative estimate of drug-likeness (QED) is 0.422. The summed E-state index contributed by atoms with van der Waals surface area (Å²) in [7, 11) is 1.44. The van der Waals surface area contributed by atoms with E-state index in [1.165, 1.54) is 49.3 Å². The number of hydrogen-bond donors (Lipinski definition) is 1. The Labute approximate surface area is 67.6 Å². The summed E-state index contributed by atoms with van der Waals surface area (Å²) in [6.45, 7) is 0. The molecule has 0 N–H and O–H groups in total. The molecule has 0 bridgehead atoms. The molecule has 1 aliphatic rings. The molecule has 0 radical (unpaired) electrons. The smallest absolute Gasteiger partial charge is 0.00816 e. The van der Waals surface area contributed by atoms with Gasteiger partial charge in [-0.1, -0.05) is 38.5 Å². The highest BCUT2D eigenvalue weighted by Gasteiger charge is 1.95. The summed E-state index contributed by atoms with van der Waals surface area (Å²) in [5.41, 5.74) is 0. The van der Waals surface area contributed by atoms with E-state index in [1.807, 2.05) is 6.26 Å². The predicted octanol–water partition coefficient (Wildman–Crippen LogP) is 3.53. The van der Waals surface area contributed by atoms with E-state index >= 15 is 0 Å². The van der Waals surface area contributed by atoms with Crippen LogP contribution in [-0.2, 0) is 0 Å². The molecule has 0 aromatic carbocycles. The highest BCUT2D eigenvalue weighted by atomic mass is 33.1. The molecule has 0 saturated heterocycles. The zero-order valence-corrected chi connectivity index (χ0v) is 7.81. The third kappa shape index (κ3) is 8.70. The van der Waals surface area contributed by atoms with Crippen LogP contribution in [0.1, 0.15) is 38.5 Å². The average Bonchev–Trinajstić information content (AvgIpc) is 1.93. The lowest BCUT2D eigenvalue weighted by atomic mass is 10.0. The van der Waals surface area contributed by atoms with Gasteiger partial charge in [0.15, 0.2) is 0 Å². The molecule has 0 heterocycles. The van der Waals surface area contributed by atoms with Crippen molar-refractivity contribution >= 4 is 22.5 Å². The van der Waals surface area contributed by atoms with E-state index in [0.29, 0.717) is 0 Å². The van der Waals surface area contributed by atoms with E-state index in [-0.39, 0.29) is 0 Å². The van der Waals surface area contributed by atoms with Crippen molar-refractivity contribution in [3.63, 3.8) is 0 Å². The second-order valence-electron chi connectivity index (χ2n) is 2.30. The molecule has 0 unspecified atom stereocenters. The molecule has 0 amide bonds. The summed E-state index contributed by atoms with van der Waals surface area (Å²) in [6, 6.07) is 0. The van der Waals surface area contributed by atoms with Gasteiger partial charge in [-0.25, -0.2) is 0 Å². The van der Waals surface area contributed by atoms with Crippen LogP contribution in [0.25, 0.3) is 0 Å². The molecular weight excluding hydrogens is 148 g/mol. The maximum absolute atomic E-state index is 3.71. The molecule has 1 aliphatic carbocycles. The van der Waals surface area contributed by atoms with Gasteiger partial charge < -0.3 is 0 Å². The third-order valence-corrected chi connectivity index (χ3v) is 1.50. The van der Waals surface area contributed by atoms with Gasteiger partial charge in [0.2, 0.25) is 0 Å². The number of rotatable bonds is 0. The third-order valence-electron chi connectivity index (χ3n) is 1.50. The van der Waals surface area contributed by atoms with Crippen LogP contribution >= 0.6 is 22.5 Å². The van der Waals surface area contributed by atoms with Crippen molar-refractivity contribution in [1.29, 1.82) is 0 Å². The first-order valence-electron chi connectivity index (χ1n) is 3.59. The SMILES string of the molecule is C1CCCCC1.CSS. The van der Waals surface area contributed by atoms with Crippen molar-refractivity contribution in [2.24, 2.45) is 0 Å². The van der Waals surface area contributed by atoms with E-state index in [9.17, 15) is 0 Å².